The smallest absolute Gasteiger partial charge is 0.274 e. The van der Waals surface area contributed by atoms with E-state index in [9.17, 15) is 27.6 Å². The van der Waals surface area contributed by atoms with Crippen molar-refractivity contribution in [2.45, 2.75) is 69.7 Å². The number of nitrogens with zero attached hydrogens (tertiary/aromatic N) is 3. The van der Waals surface area contributed by atoms with Crippen molar-refractivity contribution in [1.29, 1.82) is 0 Å². The fourth-order valence-corrected chi connectivity index (χ4v) is 6.51. The number of carbonyl (C=O) groups excluding carboxylic acids is 2. The maximum absolute atomic E-state index is 16.7. The zero-order chi connectivity index (χ0) is 31.5. The zero-order valence-electron chi connectivity index (χ0n) is 23.9. The number of hydrogen-bond donors (Lipinski definition) is 1. The number of aromatic nitrogens is 1. The molecule has 2 N–H and O–H groups in total. The lowest BCUT2D eigenvalue weighted by atomic mass is 9.82. The Labute approximate surface area is 249 Å². The number of rotatable bonds is 6. The molecule has 1 unspecified atom stereocenters. The number of ether oxygens (including phenoxy) is 1. The van der Waals surface area contributed by atoms with E-state index in [1.165, 1.54) is 16.4 Å². The maximum atomic E-state index is 16.7. The lowest BCUT2D eigenvalue weighted by Crippen LogP contribution is -2.55. The van der Waals surface area contributed by atoms with Crippen molar-refractivity contribution in [1.82, 2.24) is 14.5 Å². The molecule has 4 heterocycles. The first-order valence-corrected chi connectivity index (χ1v) is 14.2. The first kappa shape index (κ1) is 29.8. The van der Waals surface area contributed by atoms with Crippen molar-refractivity contribution >= 4 is 11.8 Å². The molecule has 2 fully saturated rings. The van der Waals surface area contributed by atoms with Gasteiger partial charge in [0.15, 0.2) is 17.6 Å². The summed E-state index contributed by atoms with van der Waals surface area (Å²) in [7, 11) is 0. The molecule has 13 heteroatoms. The summed E-state index contributed by atoms with van der Waals surface area (Å²) in [6.07, 6.45) is -0.242. The van der Waals surface area contributed by atoms with Crippen molar-refractivity contribution in [3.8, 4) is 5.75 Å². The van der Waals surface area contributed by atoms with E-state index in [1.54, 1.807) is 37.3 Å². The van der Waals surface area contributed by atoms with Gasteiger partial charge in [-0.3, -0.25) is 19.2 Å². The third kappa shape index (κ3) is 4.74. The minimum atomic E-state index is -1.75. The SMILES string of the molecule is CC1[C@H](F)[C@]2(CC[C@H](C)N3C[C@H]2n2cc(C(N)=O)c(=O)c(OCc4ccccc4)c2C3=O)ON1Cc1c(F)cc(F)cc1F. The number of pyridine rings is 1. The number of hydrogen-bond acceptors (Lipinski definition) is 6. The van der Waals surface area contributed by atoms with Crippen LogP contribution in [0.4, 0.5) is 17.6 Å². The van der Waals surface area contributed by atoms with E-state index >= 15 is 4.39 Å². The second-order valence-corrected chi connectivity index (χ2v) is 11.6. The molecule has 9 nitrogen and oxygen atoms in total. The van der Waals surface area contributed by atoms with Gasteiger partial charge in [0.05, 0.1) is 18.6 Å². The van der Waals surface area contributed by atoms with Crippen LogP contribution < -0.4 is 15.9 Å². The molecule has 5 atom stereocenters. The molecule has 44 heavy (non-hydrogen) atoms. The van der Waals surface area contributed by atoms with Gasteiger partial charge in [0.25, 0.3) is 11.8 Å². The molecule has 0 radical (unpaired) electrons. The highest BCUT2D eigenvalue weighted by Crippen LogP contribution is 2.50. The first-order valence-electron chi connectivity index (χ1n) is 14.2. The average Bonchev–Trinajstić information content (AvgIpc) is 3.14. The van der Waals surface area contributed by atoms with Crippen LogP contribution in [0.2, 0.25) is 0 Å². The predicted octanol–water partition coefficient (Wildman–Crippen LogP) is 4.04. The molecule has 2 saturated heterocycles. The van der Waals surface area contributed by atoms with Crippen molar-refractivity contribution < 1.29 is 36.7 Å². The molecule has 2 bridgehead atoms. The Morgan fingerprint density at radius 3 is 2.45 bits per heavy atom. The van der Waals surface area contributed by atoms with Gasteiger partial charge >= 0.3 is 0 Å². The van der Waals surface area contributed by atoms with Crippen LogP contribution in [0.15, 0.2) is 53.5 Å². The number of carbonyl (C=O) groups is 2. The van der Waals surface area contributed by atoms with Crippen LogP contribution in [-0.2, 0) is 18.0 Å². The van der Waals surface area contributed by atoms with Gasteiger partial charge in [-0.2, -0.15) is 5.06 Å². The van der Waals surface area contributed by atoms with Gasteiger partial charge in [0.1, 0.15) is 35.2 Å². The van der Waals surface area contributed by atoms with Crippen LogP contribution in [0.3, 0.4) is 0 Å². The summed E-state index contributed by atoms with van der Waals surface area (Å²) in [6, 6.07) is 7.50. The number of benzene rings is 2. The number of alkyl halides is 1. The first-order chi connectivity index (χ1) is 20.9. The van der Waals surface area contributed by atoms with E-state index in [4.69, 9.17) is 15.3 Å². The van der Waals surface area contributed by atoms with Crippen molar-refractivity contribution in [3.63, 3.8) is 0 Å². The number of nitrogens with two attached hydrogens (primary N) is 1. The molecule has 3 aliphatic heterocycles. The van der Waals surface area contributed by atoms with Gasteiger partial charge in [-0.1, -0.05) is 30.3 Å². The number of hydroxylamine groups is 2. The largest absolute Gasteiger partial charge is 0.483 e. The van der Waals surface area contributed by atoms with Gasteiger partial charge in [0.2, 0.25) is 5.43 Å². The molecular formula is C31H30F4N4O5. The topological polar surface area (TPSA) is 107 Å². The molecule has 1 spiro atoms. The monoisotopic (exact) mass is 614 g/mol. The molecule has 3 aromatic rings. The number of fused-ring (bicyclic) bond motifs is 5. The van der Waals surface area contributed by atoms with E-state index in [0.717, 1.165) is 11.3 Å². The standard InChI is InChI=1S/C31H30F4N4O5/c1-16-8-9-31(28(35)17(2)39(44-31)13-20-22(33)10-19(32)11-23(20)34)24-14-37(16)30(42)25-27(43-15-18-6-4-3-5-7-18)26(40)21(29(36)41)12-38(24)25/h3-7,10-12,16-17,24,28H,8-9,13-15H2,1-2H3,(H2,36,41)/t16-,17?,24+,28-,31+/m0/s1. The summed E-state index contributed by atoms with van der Waals surface area (Å²) < 4.78 is 66.6. The van der Waals surface area contributed by atoms with E-state index < -0.39 is 88.0 Å². The van der Waals surface area contributed by atoms with Crippen LogP contribution in [0.25, 0.3) is 0 Å². The van der Waals surface area contributed by atoms with Crippen molar-refractivity contribution in [2.75, 3.05) is 6.54 Å². The second-order valence-electron chi connectivity index (χ2n) is 11.6. The average molecular weight is 615 g/mol. The van der Waals surface area contributed by atoms with Gasteiger partial charge in [0, 0.05) is 36.5 Å². The van der Waals surface area contributed by atoms with Crippen molar-refractivity contribution in [3.05, 3.63) is 98.7 Å². The summed E-state index contributed by atoms with van der Waals surface area (Å²) in [5, 5.41) is 1.12. The Morgan fingerprint density at radius 2 is 1.80 bits per heavy atom. The molecule has 6 rings (SSSR count). The number of amides is 2. The van der Waals surface area contributed by atoms with E-state index in [0.29, 0.717) is 24.1 Å². The van der Waals surface area contributed by atoms with Gasteiger partial charge in [-0.05, 0) is 32.3 Å². The van der Waals surface area contributed by atoms with Crippen LogP contribution in [0.1, 0.15) is 64.7 Å². The van der Waals surface area contributed by atoms with E-state index in [1.807, 2.05) is 0 Å². The Bertz CT molecular complexity index is 1680. The molecule has 232 valence electrons. The fourth-order valence-electron chi connectivity index (χ4n) is 6.51. The van der Waals surface area contributed by atoms with Crippen molar-refractivity contribution in [2.24, 2.45) is 5.73 Å². The van der Waals surface area contributed by atoms with Gasteiger partial charge in [-0.25, -0.2) is 17.6 Å². The summed E-state index contributed by atoms with van der Waals surface area (Å²) in [6.45, 7) is 2.60. The molecular weight excluding hydrogens is 584 g/mol. The Kier molecular flexibility index (Phi) is 7.49. The van der Waals surface area contributed by atoms with E-state index in [-0.39, 0.29) is 25.3 Å². The molecule has 2 aromatic carbocycles. The normalized spacial score (nSPS) is 26.5. The summed E-state index contributed by atoms with van der Waals surface area (Å²) in [5.74, 6) is -5.40. The minimum Gasteiger partial charge on any atom is -0.483 e. The molecule has 0 aliphatic carbocycles. The maximum Gasteiger partial charge on any atom is 0.274 e. The molecule has 3 aliphatic rings. The highest BCUT2D eigenvalue weighted by atomic mass is 19.1. The highest BCUT2D eigenvalue weighted by molar-refractivity contribution is 5.99. The Hall–Kier alpha value is -4.23. The Morgan fingerprint density at radius 1 is 1.11 bits per heavy atom. The quantitative estimate of drug-likeness (QED) is 0.421. The molecule has 0 saturated carbocycles. The molecule has 1 aromatic heterocycles. The van der Waals surface area contributed by atoms with Crippen LogP contribution in [-0.4, -0.2) is 56.7 Å². The summed E-state index contributed by atoms with van der Waals surface area (Å²) in [5.41, 5.74) is 2.55. The van der Waals surface area contributed by atoms with Crippen LogP contribution in [0, 0.1) is 17.5 Å². The lowest BCUT2D eigenvalue weighted by molar-refractivity contribution is -0.230. The summed E-state index contributed by atoms with van der Waals surface area (Å²) in [4.78, 5) is 47.7. The Balaban J connectivity index is 1.47. The molecule has 2 amide bonds. The fraction of sp³-hybridized carbons (Fsp3) is 0.387. The second kappa shape index (κ2) is 11.0. The minimum absolute atomic E-state index is 0.0492. The number of halogens is 4. The van der Waals surface area contributed by atoms with Gasteiger partial charge < -0.3 is 19.9 Å². The van der Waals surface area contributed by atoms with Crippen LogP contribution >= 0.6 is 0 Å². The van der Waals surface area contributed by atoms with Gasteiger partial charge in [-0.15, -0.1) is 0 Å². The lowest BCUT2D eigenvalue weighted by Gasteiger charge is -2.43. The highest BCUT2D eigenvalue weighted by Gasteiger charge is 2.62. The third-order valence-corrected chi connectivity index (χ3v) is 8.95. The van der Waals surface area contributed by atoms with Crippen LogP contribution in [0.5, 0.6) is 5.75 Å². The predicted molar refractivity (Wildman–Crippen MR) is 149 cm³/mol. The third-order valence-electron chi connectivity index (χ3n) is 8.95. The summed E-state index contributed by atoms with van der Waals surface area (Å²) >= 11 is 0. The number of primary amides is 1. The van der Waals surface area contributed by atoms with E-state index in [2.05, 4.69) is 0 Å². The zero-order valence-corrected chi connectivity index (χ0v) is 23.9.